The van der Waals surface area contributed by atoms with Crippen LogP contribution >= 0.6 is 24.8 Å². The van der Waals surface area contributed by atoms with Crippen molar-refractivity contribution in [2.75, 3.05) is 13.1 Å². The first-order chi connectivity index (χ1) is 5.01. The number of hydrogen-bond acceptors (Lipinski definition) is 1. The lowest BCUT2D eigenvalue weighted by atomic mass is 9.84. The van der Waals surface area contributed by atoms with Gasteiger partial charge in [0.05, 0.1) is 0 Å². The summed E-state index contributed by atoms with van der Waals surface area (Å²) in [6, 6.07) is 0. The lowest BCUT2D eigenvalue weighted by Gasteiger charge is -2.38. The minimum absolute atomic E-state index is 0.422. The third-order valence-corrected chi connectivity index (χ3v) is 2.71. The van der Waals surface area contributed by atoms with E-state index in [1.165, 1.54) is 12.8 Å². The monoisotopic (exact) mass is 189 g/mol. The molecule has 0 unspecified atom stereocenters. The van der Waals surface area contributed by atoms with Gasteiger partial charge in [0.15, 0.2) is 0 Å². The first-order valence-corrected chi connectivity index (χ1v) is 4.85. The van der Waals surface area contributed by atoms with Crippen LogP contribution in [-0.2, 0) is 0 Å². The minimum Gasteiger partial charge on any atom is -0.357 e. The van der Waals surface area contributed by atoms with Crippen LogP contribution in [0.3, 0.4) is 0 Å². The molecule has 0 amide bonds. The summed E-state index contributed by atoms with van der Waals surface area (Å²) < 4.78 is 0.748. The maximum atomic E-state index is 5.01. The first-order valence-electron chi connectivity index (χ1n) is 3.99. The van der Waals surface area contributed by atoms with Crippen LogP contribution in [0.25, 0.3) is 0 Å². The highest BCUT2D eigenvalue weighted by atomic mass is 32.1. The summed E-state index contributed by atoms with van der Waals surface area (Å²) in [6.07, 6.45) is 2.55. The molecule has 0 atom stereocenters. The van der Waals surface area contributed by atoms with Gasteiger partial charge in [-0.3, -0.25) is 0 Å². The largest absolute Gasteiger partial charge is 0.357 e. The van der Waals surface area contributed by atoms with Gasteiger partial charge in [-0.05, 0) is 18.3 Å². The van der Waals surface area contributed by atoms with Crippen molar-refractivity contribution in [3.05, 3.63) is 0 Å². The normalized spacial score (nSPS) is 23.4. The molecule has 0 radical (unpaired) electrons. The number of thiocarbonyl (C=S) groups is 1. The van der Waals surface area contributed by atoms with Crippen molar-refractivity contribution in [1.82, 2.24) is 4.90 Å². The Hall–Kier alpha value is 0.240. The van der Waals surface area contributed by atoms with Crippen LogP contribution < -0.4 is 0 Å². The highest BCUT2D eigenvalue weighted by molar-refractivity contribution is 8.10. The molecule has 0 aliphatic carbocycles. The Morgan fingerprint density at radius 2 is 2.18 bits per heavy atom. The predicted molar refractivity (Wildman–Crippen MR) is 56.2 cm³/mol. The standard InChI is InChI=1S/C8H15NS2/c1-8(2)4-3-5-9(6-8)7(10)11/h3-6H2,1-2H3,(H,10,11). The van der Waals surface area contributed by atoms with Gasteiger partial charge in [-0.1, -0.05) is 26.1 Å². The van der Waals surface area contributed by atoms with Crippen molar-refractivity contribution >= 4 is 29.2 Å². The van der Waals surface area contributed by atoms with Crippen LogP contribution in [0, 0.1) is 5.41 Å². The van der Waals surface area contributed by atoms with Crippen molar-refractivity contribution in [2.45, 2.75) is 26.7 Å². The van der Waals surface area contributed by atoms with Crippen molar-refractivity contribution in [1.29, 1.82) is 0 Å². The molecule has 1 heterocycles. The Morgan fingerprint density at radius 1 is 1.55 bits per heavy atom. The molecule has 64 valence electrons. The molecule has 0 aromatic rings. The minimum atomic E-state index is 0.422. The predicted octanol–water partition coefficient (Wildman–Crippen LogP) is 2.32. The summed E-state index contributed by atoms with van der Waals surface area (Å²) in [5.74, 6) is 0. The van der Waals surface area contributed by atoms with Gasteiger partial charge in [0, 0.05) is 13.1 Å². The molecule has 0 N–H and O–H groups in total. The Balaban J connectivity index is 2.53. The Kier molecular flexibility index (Phi) is 2.81. The number of nitrogens with zero attached hydrogens (tertiary/aromatic N) is 1. The van der Waals surface area contributed by atoms with Gasteiger partial charge in [0.1, 0.15) is 4.32 Å². The Labute approximate surface area is 79.6 Å². The van der Waals surface area contributed by atoms with E-state index in [0.717, 1.165) is 17.4 Å². The average molecular weight is 189 g/mol. The molecular formula is C8H15NS2. The third kappa shape index (κ3) is 2.64. The van der Waals surface area contributed by atoms with Gasteiger partial charge in [-0.15, -0.1) is 12.6 Å². The lowest BCUT2D eigenvalue weighted by molar-refractivity contribution is 0.183. The van der Waals surface area contributed by atoms with E-state index in [9.17, 15) is 0 Å². The van der Waals surface area contributed by atoms with Gasteiger partial charge in [-0.25, -0.2) is 0 Å². The van der Waals surface area contributed by atoms with Crippen LogP contribution in [-0.4, -0.2) is 22.3 Å². The van der Waals surface area contributed by atoms with Crippen LogP contribution in [0.1, 0.15) is 26.7 Å². The second-order valence-corrected chi connectivity index (χ2v) is 5.08. The molecule has 1 rings (SSSR count). The molecule has 1 saturated heterocycles. The molecule has 0 spiro atoms. The number of rotatable bonds is 0. The summed E-state index contributed by atoms with van der Waals surface area (Å²) in [4.78, 5) is 2.18. The SMILES string of the molecule is CC1(C)CCCN(C(=S)S)C1. The quantitative estimate of drug-likeness (QED) is 0.460. The number of thiol groups is 1. The summed E-state index contributed by atoms with van der Waals surface area (Å²) in [5, 5.41) is 0. The zero-order valence-electron chi connectivity index (χ0n) is 7.13. The van der Waals surface area contributed by atoms with E-state index >= 15 is 0 Å². The van der Waals surface area contributed by atoms with E-state index in [-0.39, 0.29) is 0 Å². The first kappa shape index (κ1) is 9.33. The highest BCUT2D eigenvalue weighted by Crippen LogP contribution is 2.28. The van der Waals surface area contributed by atoms with Gasteiger partial charge in [0.25, 0.3) is 0 Å². The second kappa shape index (κ2) is 3.31. The fraction of sp³-hybridized carbons (Fsp3) is 0.875. The zero-order valence-corrected chi connectivity index (χ0v) is 8.84. The molecule has 0 saturated carbocycles. The maximum Gasteiger partial charge on any atom is 0.133 e. The smallest absolute Gasteiger partial charge is 0.133 e. The van der Waals surface area contributed by atoms with Gasteiger partial charge >= 0.3 is 0 Å². The van der Waals surface area contributed by atoms with Gasteiger partial charge in [0.2, 0.25) is 0 Å². The zero-order chi connectivity index (χ0) is 8.48. The van der Waals surface area contributed by atoms with E-state index in [1.54, 1.807) is 0 Å². The van der Waals surface area contributed by atoms with E-state index in [4.69, 9.17) is 12.2 Å². The van der Waals surface area contributed by atoms with Crippen molar-refractivity contribution < 1.29 is 0 Å². The number of piperidine rings is 1. The fourth-order valence-electron chi connectivity index (χ4n) is 1.59. The van der Waals surface area contributed by atoms with Gasteiger partial charge in [-0.2, -0.15) is 0 Å². The average Bonchev–Trinajstić information content (AvgIpc) is 1.85. The molecular weight excluding hydrogens is 174 g/mol. The Morgan fingerprint density at radius 3 is 2.55 bits per heavy atom. The molecule has 1 fully saturated rings. The van der Waals surface area contributed by atoms with Crippen LogP contribution in [0.15, 0.2) is 0 Å². The summed E-state index contributed by atoms with van der Waals surface area (Å²) in [7, 11) is 0. The van der Waals surface area contributed by atoms with Crippen LogP contribution in [0.5, 0.6) is 0 Å². The van der Waals surface area contributed by atoms with Crippen LogP contribution in [0.4, 0.5) is 0 Å². The molecule has 3 heteroatoms. The second-order valence-electron chi connectivity index (χ2n) is 3.97. The topological polar surface area (TPSA) is 3.24 Å². The summed E-state index contributed by atoms with van der Waals surface area (Å²) in [5.41, 5.74) is 0.422. The van der Waals surface area contributed by atoms with E-state index in [0.29, 0.717) is 5.41 Å². The van der Waals surface area contributed by atoms with E-state index in [1.807, 2.05) is 0 Å². The van der Waals surface area contributed by atoms with Gasteiger partial charge < -0.3 is 4.90 Å². The van der Waals surface area contributed by atoms with E-state index < -0.39 is 0 Å². The molecule has 1 aliphatic heterocycles. The highest BCUT2D eigenvalue weighted by Gasteiger charge is 2.26. The molecule has 0 aromatic heterocycles. The number of likely N-dealkylation sites (tertiary alicyclic amines) is 1. The Bertz CT molecular complexity index is 165. The maximum absolute atomic E-state index is 5.01. The van der Waals surface area contributed by atoms with E-state index in [2.05, 4.69) is 31.4 Å². The summed E-state index contributed by atoms with van der Waals surface area (Å²) >= 11 is 9.18. The third-order valence-electron chi connectivity index (χ3n) is 2.17. The van der Waals surface area contributed by atoms with Crippen LogP contribution in [0.2, 0.25) is 0 Å². The molecule has 11 heavy (non-hydrogen) atoms. The summed E-state index contributed by atoms with van der Waals surface area (Å²) in [6.45, 7) is 6.72. The van der Waals surface area contributed by atoms with Crippen molar-refractivity contribution in [3.8, 4) is 0 Å². The lowest BCUT2D eigenvalue weighted by Crippen LogP contribution is -2.41. The molecule has 0 aromatic carbocycles. The fourth-order valence-corrected chi connectivity index (χ4v) is 1.91. The molecule has 1 aliphatic rings. The van der Waals surface area contributed by atoms with Crippen molar-refractivity contribution in [3.63, 3.8) is 0 Å². The molecule has 0 bridgehead atoms. The molecule has 1 nitrogen and oxygen atoms in total. The number of hydrogen-bond donors (Lipinski definition) is 1. The van der Waals surface area contributed by atoms with Crippen molar-refractivity contribution in [2.24, 2.45) is 5.41 Å².